The van der Waals surface area contributed by atoms with Crippen LogP contribution in [0.1, 0.15) is 17.8 Å². The zero-order valence-electron chi connectivity index (χ0n) is 10.1. The summed E-state index contributed by atoms with van der Waals surface area (Å²) in [7, 11) is 1.68. The van der Waals surface area contributed by atoms with Gasteiger partial charge in [0.15, 0.2) is 0 Å². The van der Waals surface area contributed by atoms with E-state index < -0.39 is 0 Å². The van der Waals surface area contributed by atoms with Crippen LogP contribution in [0.25, 0.3) is 0 Å². The Morgan fingerprint density at radius 2 is 2.31 bits per heavy atom. The highest BCUT2D eigenvalue weighted by molar-refractivity contribution is 5.78. The largest absolute Gasteiger partial charge is 0.355 e. The molecule has 0 aliphatic carbocycles. The van der Waals surface area contributed by atoms with E-state index in [1.165, 1.54) is 5.69 Å². The molecule has 0 aliphatic rings. The van der Waals surface area contributed by atoms with Crippen LogP contribution in [0, 0.1) is 13.8 Å². The first-order chi connectivity index (χ1) is 7.67. The van der Waals surface area contributed by atoms with E-state index in [2.05, 4.69) is 33.8 Å². The van der Waals surface area contributed by atoms with Crippen molar-refractivity contribution in [2.24, 2.45) is 10.8 Å². The van der Waals surface area contributed by atoms with Crippen molar-refractivity contribution in [2.45, 2.75) is 26.8 Å². The summed E-state index contributed by atoms with van der Waals surface area (Å²) in [5.74, 6) is 5.85. The fraction of sp³-hybridized carbons (Fsp3) is 0.600. The van der Waals surface area contributed by atoms with Gasteiger partial charge < -0.3 is 5.32 Å². The summed E-state index contributed by atoms with van der Waals surface area (Å²) in [6.45, 7) is 5.78. The molecule has 6 nitrogen and oxygen atoms in total. The molecule has 1 rings (SSSR count). The van der Waals surface area contributed by atoms with E-state index >= 15 is 0 Å². The summed E-state index contributed by atoms with van der Waals surface area (Å²) in [6, 6.07) is 2.08. The number of nitrogens with one attached hydrogen (secondary N) is 2. The zero-order valence-corrected chi connectivity index (χ0v) is 10.1. The Balaban J connectivity index is 2.28. The normalized spacial score (nSPS) is 11.6. The summed E-state index contributed by atoms with van der Waals surface area (Å²) in [4.78, 5) is 3.92. The number of aromatic nitrogens is 2. The van der Waals surface area contributed by atoms with Gasteiger partial charge in [-0.2, -0.15) is 5.10 Å². The minimum absolute atomic E-state index is 0.605. The van der Waals surface area contributed by atoms with E-state index in [1.807, 2.05) is 11.6 Å². The van der Waals surface area contributed by atoms with Crippen molar-refractivity contribution in [2.75, 3.05) is 13.6 Å². The third-order valence-electron chi connectivity index (χ3n) is 2.30. The number of guanidine groups is 1. The predicted octanol–water partition coefficient (Wildman–Crippen LogP) is -0.0713. The molecule has 4 N–H and O–H groups in total. The lowest BCUT2D eigenvalue weighted by Gasteiger charge is -2.08. The van der Waals surface area contributed by atoms with Crippen molar-refractivity contribution < 1.29 is 0 Å². The van der Waals surface area contributed by atoms with Crippen LogP contribution in [0.2, 0.25) is 0 Å². The van der Waals surface area contributed by atoms with Gasteiger partial charge in [-0.1, -0.05) is 0 Å². The molecule has 0 bridgehead atoms. The first-order valence-corrected chi connectivity index (χ1v) is 5.35. The van der Waals surface area contributed by atoms with Gasteiger partial charge in [0, 0.05) is 25.8 Å². The summed E-state index contributed by atoms with van der Waals surface area (Å²) in [5, 5.41) is 7.47. The molecule has 1 aromatic rings. The first kappa shape index (κ1) is 12.5. The fourth-order valence-corrected chi connectivity index (χ4v) is 1.53. The minimum Gasteiger partial charge on any atom is -0.355 e. The minimum atomic E-state index is 0.605. The monoisotopic (exact) mass is 224 g/mol. The molecule has 6 heteroatoms. The number of hydrogen-bond donors (Lipinski definition) is 3. The predicted molar refractivity (Wildman–Crippen MR) is 65.0 cm³/mol. The fourth-order valence-electron chi connectivity index (χ4n) is 1.53. The quantitative estimate of drug-likeness (QED) is 0.220. The maximum atomic E-state index is 5.24. The second-order valence-corrected chi connectivity index (χ2v) is 3.65. The van der Waals surface area contributed by atoms with Crippen molar-refractivity contribution in [3.05, 3.63) is 17.5 Å². The molecule has 0 unspecified atom stereocenters. The molecule has 0 aliphatic heterocycles. The summed E-state index contributed by atoms with van der Waals surface area (Å²) in [6.07, 6.45) is 0.975. The molecule has 0 radical (unpaired) electrons. The lowest BCUT2D eigenvalue weighted by Crippen LogP contribution is -2.41. The number of aryl methyl sites for hydroxylation is 3. The summed E-state index contributed by atoms with van der Waals surface area (Å²) in [5.41, 5.74) is 4.74. The maximum Gasteiger partial charge on any atom is 0.205 e. The average Bonchev–Trinajstić information content (AvgIpc) is 2.58. The smallest absolute Gasteiger partial charge is 0.205 e. The SMILES string of the molecule is CN=C(NN)NCCCn1nc(C)cc1C. The molecule has 0 atom stereocenters. The number of nitrogens with two attached hydrogens (primary N) is 1. The van der Waals surface area contributed by atoms with Crippen molar-refractivity contribution in [1.82, 2.24) is 20.5 Å². The van der Waals surface area contributed by atoms with Gasteiger partial charge in [-0.3, -0.25) is 15.1 Å². The van der Waals surface area contributed by atoms with Gasteiger partial charge in [0.05, 0.1) is 5.69 Å². The molecule has 1 aromatic heterocycles. The second-order valence-electron chi connectivity index (χ2n) is 3.65. The Morgan fingerprint density at radius 1 is 1.56 bits per heavy atom. The second kappa shape index (κ2) is 6.12. The highest BCUT2D eigenvalue weighted by Crippen LogP contribution is 2.01. The highest BCUT2D eigenvalue weighted by atomic mass is 15.3. The number of nitrogens with zero attached hydrogens (tertiary/aromatic N) is 3. The van der Waals surface area contributed by atoms with E-state index in [0.717, 1.165) is 25.2 Å². The Morgan fingerprint density at radius 3 is 2.81 bits per heavy atom. The van der Waals surface area contributed by atoms with Crippen LogP contribution >= 0.6 is 0 Å². The standard InChI is InChI=1S/C10H20N6/c1-8-7-9(2)16(15-8)6-4-5-13-10(12-3)14-11/h7H,4-6,11H2,1-3H3,(H2,12,13,14). The Kier molecular flexibility index (Phi) is 4.78. The third kappa shape index (κ3) is 3.54. The molecule has 1 heterocycles. The Bertz CT molecular complexity index is 354. The van der Waals surface area contributed by atoms with Crippen molar-refractivity contribution in [3.63, 3.8) is 0 Å². The van der Waals surface area contributed by atoms with Crippen LogP contribution in [0.15, 0.2) is 11.1 Å². The molecule has 90 valence electrons. The van der Waals surface area contributed by atoms with E-state index in [1.54, 1.807) is 7.05 Å². The van der Waals surface area contributed by atoms with E-state index in [-0.39, 0.29) is 0 Å². The van der Waals surface area contributed by atoms with Crippen molar-refractivity contribution >= 4 is 5.96 Å². The van der Waals surface area contributed by atoms with Gasteiger partial charge >= 0.3 is 0 Å². The highest BCUT2D eigenvalue weighted by Gasteiger charge is 2.00. The zero-order chi connectivity index (χ0) is 12.0. The van der Waals surface area contributed by atoms with Gasteiger partial charge in [-0.15, -0.1) is 0 Å². The van der Waals surface area contributed by atoms with Crippen LogP contribution in [0.5, 0.6) is 0 Å². The van der Waals surface area contributed by atoms with Crippen LogP contribution in [0.3, 0.4) is 0 Å². The molecule has 0 aromatic carbocycles. The molecule has 0 fully saturated rings. The molecule has 0 saturated heterocycles. The van der Waals surface area contributed by atoms with Gasteiger partial charge in [0.1, 0.15) is 0 Å². The molecular formula is C10H20N6. The maximum absolute atomic E-state index is 5.24. The van der Waals surface area contributed by atoms with E-state index in [0.29, 0.717) is 5.96 Å². The van der Waals surface area contributed by atoms with Gasteiger partial charge in [0.2, 0.25) is 5.96 Å². The van der Waals surface area contributed by atoms with Gasteiger partial charge in [0.25, 0.3) is 0 Å². The molecular weight excluding hydrogens is 204 g/mol. The number of rotatable bonds is 4. The summed E-state index contributed by atoms with van der Waals surface area (Å²) >= 11 is 0. The first-order valence-electron chi connectivity index (χ1n) is 5.35. The Hall–Kier alpha value is -1.56. The Labute approximate surface area is 95.9 Å². The average molecular weight is 224 g/mol. The van der Waals surface area contributed by atoms with Crippen LogP contribution in [-0.4, -0.2) is 29.3 Å². The van der Waals surface area contributed by atoms with Crippen LogP contribution in [-0.2, 0) is 6.54 Å². The molecule has 16 heavy (non-hydrogen) atoms. The topological polar surface area (TPSA) is 80.3 Å². The lowest BCUT2D eigenvalue weighted by atomic mass is 10.4. The van der Waals surface area contributed by atoms with Crippen LogP contribution in [0.4, 0.5) is 0 Å². The van der Waals surface area contributed by atoms with E-state index in [4.69, 9.17) is 5.84 Å². The third-order valence-corrected chi connectivity index (χ3v) is 2.30. The van der Waals surface area contributed by atoms with Gasteiger partial charge in [-0.25, -0.2) is 5.84 Å². The number of aliphatic imine (C=N–C) groups is 1. The lowest BCUT2D eigenvalue weighted by molar-refractivity contribution is 0.555. The number of hydrazine groups is 1. The van der Waals surface area contributed by atoms with E-state index in [9.17, 15) is 0 Å². The molecule has 0 spiro atoms. The van der Waals surface area contributed by atoms with Crippen molar-refractivity contribution in [3.8, 4) is 0 Å². The molecule has 0 saturated carbocycles. The number of hydrogen-bond acceptors (Lipinski definition) is 3. The van der Waals surface area contributed by atoms with Gasteiger partial charge in [-0.05, 0) is 26.3 Å². The van der Waals surface area contributed by atoms with Crippen LogP contribution < -0.4 is 16.6 Å². The molecule has 0 amide bonds. The van der Waals surface area contributed by atoms with Crippen molar-refractivity contribution in [1.29, 1.82) is 0 Å². The summed E-state index contributed by atoms with van der Waals surface area (Å²) < 4.78 is 2.01.